The fourth-order valence-electron chi connectivity index (χ4n) is 1.42. The molecule has 2 N–H and O–H groups in total. The highest BCUT2D eigenvalue weighted by molar-refractivity contribution is 6.32. The van der Waals surface area contributed by atoms with Crippen LogP contribution in [0.25, 0.3) is 0 Å². The molecular formula is C13H9ClO4. The van der Waals surface area contributed by atoms with Gasteiger partial charge in [-0.1, -0.05) is 23.7 Å². The number of benzene rings is 2. The number of aromatic hydroxyl groups is 1. The van der Waals surface area contributed by atoms with Gasteiger partial charge >= 0.3 is 5.97 Å². The third kappa shape index (κ3) is 2.55. The van der Waals surface area contributed by atoms with Gasteiger partial charge in [0.25, 0.3) is 0 Å². The maximum atomic E-state index is 11.0. The zero-order chi connectivity index (χ0) is 13.1. The molecule has 18 heavy (non-hydrogen) atoms. The van der Waals surface area contributed by atoms with Crippen LogP contribution in [-0.2, 0) is 0 Å². The molecule has 2 aromatic carbocycles. The van der Waals surface area contributed by atoms with Crippen molar-refractivity contribution in [1.29, 1.82) is 0 Å². The lowest BCUT2D eigenvalue weighted by atomic mass is 10.2. The fraction of sp³-hybridized carbons (Fsp3) is 0. The molecule has 0 radical (unpaired) electrons. The van der Waals surface area contributed by atoms with Crippen molar-refractivity contribution in [3.63, 3.8) is 0 Å². The van der Waals surface area contributed by atoms with Crippen LogP contribution in [0.2, 0.25) is 5.02 Å². The van der Waals surface area contributed by atoms with Crippen molar-refractivity contribution in [3.8, 4) is 17.2 Å². The second-order valence-electron chi connectivity index (χ2n) is 3.52. The van der Waals surface area contributed by atoms with Crippen LogP contribution in [0.1, 0.15) is 10.4 Å². The normalized spacial score (nSPS) is 10.1. The third-order valence-electron chi connectivity index (χ3n) is 2.26. The average Bonchev–Trinajstić information content (AvgIpc) is 2.34. The van der Waals surface area contributed by atoms with Gasteiger partial charge < -0.3 is 14.9 Å². The van der Waals surface area contributed by atoms with Gasteiger partial charge in [-0.05, 0) is 24.3 Å². The first kappa shape index (κ1) is 12.3. The first-order chi connectivity index (χ1) is 8.58. The van der Waals surface area contributed by atoms with E-state index < -0.39 is 5.97 Å². The van der Waals surface area contributed by atoms with E-state index in [9.17, 15) is 9.90 Å². The number of phenolic OH excluding ortho intramolecular Hbond substituents is 1. The maximum absolute atomic E-state index is 11.0. The number of carbonyl (C=O) groups is 1. The summed E-state index contributed by atoms with van der Waals surface area (Å²) in [6.07, 6.45) is 0. The Morgan fingerprint density at radius 2 is 1.89 bits per heavy atom. The summed E-state index contributed by atoms with van der Waals surface area (Å²) in [6, 6.07) is 10.6. The van der Waals surface area contributed by atoms with Crippen molar-refractivity contribution < 1.29 is 19.7 Å². The molecule has 0 amide bonds. The van der Waals surface area contributed by atoms with Crippen molar-refractivity contribution in [2.24, 2.45) is 0 Å². The van der Waals surface area contributed by atoms with Crippen LogP contribution in [0.15, 0.2) is 42.5 Å². The van der Waals surface area contributed by atoms with Crippen molar-refractivity contribution in [1.82, 2.24) is 0 Å². The fourth-order valence-corrected chi connectivity index (χ4v) is 1.53. The Morgan fingerprint density at radius 1 is 1.17 bits per heavy atom. The number of ether oxygens (including phenoxy) is 1. The van der Waals surface area contributed by atoms with Gasteiger partial charge in [-0.25, -0.2) is 4.79 Å². The van der Waals surface area contributed by atoms with Crippen molar-refractivity contribution in [3.05, 3.63) is 53.1 Å². The smallest absolute Gasteiger partial charge is 0.339 e. The molecule has 5 heteroatoms. The summed E-state index contributed by atoms with van der Waals surface area (Å²) >= 11 is 5.67. The number of phenols is 1. The van der Waals surface area contributed by atoms with Gasteiger partial charge in [-0.3, -0.25) is 0 Å². The lowest BCUT2D eigenvalue weighted by Crippen LogP contribution is -1.99. The van der Waals surface area contributed by atoms with E-state index in [1.54, 1.807) is 18.2 Å². The van der Waals surface area contributed by atoms with E-state index in [4.69, 9.17) is 21.4 Å². The first-order valence-electron chi connectivity index (χ1n) is 5.06. The Balaban J connectivity index is 2.34. The number of rotatable bonds is 3. The molecular weight excluding hydrogens is 256 g/mol. The van der Waals surface area contributed by atoms with Gasteiger partial charge in [0.15, 0.2) is 0 Å². The molecule has 0 spiro atoms. The van der Waals surface area contributed by atoms with Gasteiger partial charge in [0, 0.05) is 6.07 Å². The molecule has 0 heterocycles. The van der Waals surface area contributed by atoms with Crippen LogP contribution in [0.4, 0.5) is 0 Å². The van der Waals surface area contributed by atoms with Crippen LogP contribution in [0.3, 0.4) is 0 Å². The minimum Gasteiger partial charge on any atom is -0.506 e. The Hall–Kier alpha value is -2.20. The standard InChI is InChI=1S/C13H9ClO4/c14-10-6-5-8(7-11(10)15)18-12-4-2-1-3-9(12)13(16)17/h1-7,15H,(H,16,17). The molecule has 92 valence electrons. The molecule has 0 bridgehead atoms. The number of aromatic carboxylic acids is 1. The first-order valence-corrected chi connectivity index (χ1v) is 5.44. The zero-order valence-electron chi connectivity index (χ0n) is 9.13. The van der Waals surface area contributed by atoms with Gasteiger partial charge in [0.2, 0.25) is 0 Å². The number of hydrogen-bond acceptors (Lipinski definition) is 3. The quantitative estimate of drug-likeness (QED) is 0.890. The lowest BCUT2D eigenvalue weighted by Gasteiger charge is -2.09. The van der Waals surface area contributed by atoms with Gasteiger partial charge in [-0.2, -0.15) is 0 Å². The van der Waals surface area contributed by atoms with E-state index in [-0.39, 0.29) is 22.1 Å². The summed E-state index contributed by atoms with van der Waals surface area (Å²) in [7, 11) is 0. The monoisotopic (exact) mass is 264 g/mol. The molecule has 2 rings (SSSR count). The number of para-hydroxylation sites is 1. The van der Waals surface area contributed by atoms with Crippen molar-refractivity contribution in [2.75, 3.05) is 0 Å². The van der Waals surface area contributed by atoms with E-state index in [1.165, 1.54) is 24.3 Å². The van der Waals surface area contributed by atoms with E-state index >= 15 is 0 Å². The van der Waals surface area contributed by atoms with Crippen LogP contribution >= 0.6 is 11.6 Å². The predicted octanol–water partition coefficient (Wildman–Crippen LogP) is 3.54. The van der Waals surface area contributed by atoms with E-state index in [0.717, 1.165) is 0 Å². The summed E-state index contributed by atoms with van der Waals surface area (Å²) < 4.78 is 5.41. The van der Waals surface area contributed by atoms with E-state index in [2.05, 4.69) is 0 Å². The second kappa shape index (κ2) is 4.98. The molecule has 0 aliphatic carbocycles. The molecule has 0 saturated carbocycles. The zero-order valence-corrected chi connectivity index (χ0v) is 9.89. The summed E-state index contributed by atoms with van der Waals surface area (Å²) in [5.41, 5.74) is 0.0481. The van der Waals surface area contributed by atoms with Crippen LogP contribution in [-0.4, -0.2) is 16.2 Å². The second-order valence-corrected chi connectivity index (χ2v) is 3.92. The Morgan fingerprint density at radius 3 is 2.56 bits per heavy atom. The molecule has 0 aromatic heterocycles. The predicted molar refractivity (Wildman–Crippen MR) is 66.6 cm³/mol. The summed E-state index contributed by atoms with van der Waals surface area (Å²) in [5, 5.41) is 18.6. The highest BCUT2D eigenvalue weighted by Gasteiger charge is 2.11. The third-order valence-corrected chi connectivity index (χ3v) is 2.58. The molecule has 4 nitrogen and oxygen atoms in total. The number of hydrogen-bond donors (Lipinski definition) is 2. The minimum atomic E-state index is -1.08. The minimum absolute atomic E-state index is 0.0481. The largest absolute Gasteiger partial charge is 0.506 e. The SMILES string of the molecule is O=C(O)c1ccccc1Oc1ccc(Cl)c(O)c1. The molecule has 0 fully saturated rings. The highest BCUT2D eigenvalue weighted by Crippen LogP contribution is 2.31. The lowest BCUT2D eigenvalue weighted by molar-refractivity contribution is 0.0694. The molecule has 0 aliphatic rings. The molecule has 2 aromatic rings. The Kier molecular flexibility index (Phi) is 3.39. The van der Waals surface area contributed by atoms with E-state index in [1.807, 2.05) is 0 Å². The Bertz CT molecular complexity index is 595. The topological polar surface area (TPSA) is 66.8 Å². The summed E-state index contributed by atoms with van der Waals surface area (Å²) in [6.45, 7) is 0. The van der Waals surface area contributed by atoms with Gasteiger partial charge in [0.1, 0.15) is 22.8 Å². The number of halogens is 1. The number of carboxylic acids is 1. The molecule has 0 saturated heterocycles. The average molecular weight is 265 g/mol. The van der Waals surface area contributed by atoms with Gasteiger partial charge in [0.05, 0.1) is 5.02 Å². The Labute approximate surface area is 108 Å². The van der Waals surface area contributed by atoms with Gasteiger partial charge in [-0.15, -0.1) is 0 Å². The van der Waals surface area contributed by atoms with Crippen LogP contribution < -0.4 is 4.74 Å². The highest BCUT2D eigenvalue weighted by atomic mass is 35.5. The summed E-state index contributed by atoms with van der Waals surface area (Å²) in [5.74, 6) is -0.692. The van der Waals surface area contributed by atoms with Crippen LogP contribution in [0, 0.1) is 0 Å². The molecule has 0 aliphatic heterocycles. The molecule has 0 atom stereocenters. The number of carboxylic acid groups (broad SMARTS) is 1. The van der Waals surface area contributed by atoms with Crippen molar-refractivity contribution in [2.45, 2.75) is 0 Å². The van der Waals surface area contributed by atoms with Crippen LogP contribution in [0.5, 0.6) is 17.2 Å². The summed E-state index contributed by atoms with van der Waals surface area (Å²) in [4.78, 5) is 11.0. The van der Waals surface area contributed by atoms with Crippen molar-refractivity contribution >= 4 is 17.6 Å². The maximum Gasteiger partial charge on any atom is 0.339 e. The van der Waals surface area contributed by atoms with E-state index in [0.29, 0.717) is 5.75 Å². The molecule has 0 unspecified atom stereocenters.